The maximum atomic E-state index is 12.1. The number of aryl methyl sites for hydroxylation is 1. The van der Waals surface area contributed by atoms with Crippen molar-refractivity contribution in [2.75, 3.05) is 11.9 Å². The van der Waals surface area contributed by atoms with Crippen LogP contribution in [0.25, 0.3) is 0 Å². The van der Waals surface area contributed by atoms with Gasteiger partial charge in [0.15, 0.2) is 6.61 Å². The molecule has 0 bridgehead atoms. The van der Waals surface area contributed by atoms with Crippen LogP contribution in [0.4, 0.5) is 11.4 Å². The van der Waals surface area contributed by atoms with E-state index >= 15 is 0 Å². The molecule has 2 rings (SSSR count). The van der Waals surface area contributed by atoms with Crippen LogP contribution in [-0.2, 0) is 14.3 Å². The topological polar surface area (TPSA) is 128 Å². The van der Waals surface area contributed by atoms with Gasteiger partial charge in [0.05, 0.1) is 4.92 Å². The average molecular weight is 385 g/mol. The van der Waals surface area contributed by atoms with Crippen molar-refractivity contribution in [1.29, 1.82) is 0 Å². The number of carbonyl (C=O) groups is 3. The molecule has 0 heterocycles. The first-order valence-electron chi connectivity index (χ1n) is 8.34. The van der Waals surface area contributed by atoms with E-state index in [1.165, 1.54) is 25.1 Å². The van der Waals surface area contributed by atoms with E-state index in [0.717, 1.165) is 11.6 Å². The number of nitro groups is 1. The molecule has 1 atom stereocenters. The third kappa shape index (κ3) is 5.90. The number of carbonyl (C=O) groups excluding carboxylic acids is 3. The summed E-state index contributed by atoms with van der Waals surface area (Å²) < 4.78 is 4.89. The van der Waals surface area contributed by atoms with E-state index < -0.39 is 35.4 Å². The molecule has 0 unspecified atom stereocenters. The number of ether oxygens (including phenoxy) is 1. The van der Waals surface area contributed by atoms with Crippen molar-refractivity contribution < 1.29 is 24.0 Å². The number of nitrogens with one attached hydrogen (secondary N) is 2. The molecule has 0 aliphatic heterocycles. The molecule has 2 N–H and O–H groups in total. The Morgan fingerprint density at radius 1 is 1.14 bits per heavy atom. The van der Waals surface area contributed by atoms with Gasteiger partial charge in [-0.15, -0.1) is 0 Å². The highest BCUT2D eigenvalue weighted by Crippen LogP contribution is 2.13. The third-order valence-electron chi connectivity index (χ3n) is 3.70. The SMILES string of the molecule is Cc1ccc(NC(=O)COC(=O)[C@H](C)NC(=O)c2cccc([N+](=O)[O-])c2)cc1. The highest BCUT2D eigenvalue weighted by Gasteiger charge is 2.20. The van der Waals surface area contributed by atoms with E-state index in [1.807, 2.05) is 19.1 Å². The number of non-ortho nitro benzene ring substituents is 1. The molecule has 28 heavy (non-hydrogen) atoms. The number of hydrogen-bond acceptors (Lipinski definition) is 6. The van der Waals surface area contributed by atoms with Crippen molar-refractivity contribution in [2.45, 2.75) is 19.9 Å². The second kappa shape index (κ2) is 9.26. The zero-order valence-corrected chi connectivity index (χ0v) is 15.3. The Labute approximate surface area is 160 Å². The van der Waals surface area contributed by atoms with Crippen molar-refractivity contribution in [3.8, 4) is 0 Å². The van der Waals surface area contributed by atoms with Crippen molar-refractivity contribution >= 4 is 29.2 Å². The van der Waals surface area contributed by atoms with Gasteiger partial charge in [-0.3, -0.25) is 19.7 Å². The van der Waals surface area contributed by atoms with Crippen LogP contribution in [0, 0.1) is 17.0 Å². The molecule has 0 aliphatic rings. The van der Waals surface area contributed by atoms with E-state index in [1.54, 1.807) is 12.1 Å². The Morgan fingerprint density at radius 3 is 2.46 bits per heavy atom. The summed E-state index contributed by atoms with van der Waals surface area (Å²) in [6.45, 7) is 2.79. The van der Waals surface area contributed by atoms with Gasteiger partial charge >= 0.3 is 5.97 Å². The minimum absolute atomic E-state index is 0.0333. The number of amides is 2. The summed E-state index contributed by atoms with van der Waals surface area (Å²) in [5, 5.41) is 15.7. The Balaban J connectivity index is 1.84. The summed E-state index contributed by atoms with van der Waals surface area (Å²) in [6.07, 6.45) is 0. The quantitative estimate of drug-likeness (QED) is 0.427. The molecule has 2 amide bonds. The number of nitrogens with zero attached hydrogens (tertiary/aromatic N) is 1. The zero-order valence-electron chi connectivity index (χ0n) is 15.3. The van der Waals surface area contributed by atoms with Crippen molar-refractivity contribution in [2.24, 2.45) is 0 Å². The lowest BCUT2D eigenvalue weighted by molar-refractivity contribution is -0.384. The van der Waals surface area contributed by atoms with E-state index in [0.29, 0.717) is 5.69 Å². The highest BCUT2D eigenvalue weighted by molar-refractivity contribution is 5.97. The summed E-state index contributed by atoms with van der Waals surface area (Å²) in [6, 6.07) is 11.2. The number of rotatable bonds is 7. The van der Waals surface area contributed by atoms with Crippen LogP contribution in [-0.4, -0.2) is 35.4 Å². The van der Waals surface area contributed by atoms with Crippen molar-refractivity contribution in [3.05, 3.63) is 69.8 Å². The predicted octanol–water partition coefficient (Wildman–Crippen LogP) is 2.20. The summed E-state index contributed by atoms with van der Waals surface area (Å²) in [7, 11) is 0. The Hall–Kier alpha value is -3.75. The van der Waals surface area contributed by atoms with Crippen LogP contribution in [0.3, 0.4) is 0 Å². The molecule has 0 aliphatic carbocycles. The maximum absolute atomic E-state index is 12.1. The second-order valence-corrected chi connectivity index (χ2v) is 6.02. The molecule has 9 nitrogen and oxygen atoms in total. The third-order valence-corrected chi connectivity index (χ3v) is 3.70. The largest absolute Gasteiger partial charge is 0.454 e. The van der Waals surface area contributed by atoms with E-state index in [2.05, 4.69) is 10.6 Å². The van der Waals surface area contributed by atoms with Crippen molar-refractivity contribution in [3.63, 3.8) is 0 Å². The van der Waals surface area contributed by atoms with Crippen LogP contribution in [0.5, 0.6) is 0 Å². The van der Waals surface area contributed by atoms with Crippen LogP contribution in [0.1, 0.15) is 22.8 Å². The Kier molecular flexibility index (Phi) is 6.80. The summed E-state index contributed by atoms with van der Waals surface area (Å²) >= 11 is 0. The van der Waals surface area contributed by atoms with Gasteiger partial charge in [0.1, 0.15) is 6.04 Å². The van der Waals surface area contributed by atoms with Crippen LogP contribution in [0.2, 0.25) is 0 Å². The first-order chi connectivity index (χ1) is 13.3. The lowest BCUT2D eigenvalue weighted by atomic mass is 10.2. The van der Waals surface area contributed by atoms with Gasteiger partial charge in [-0.25, -0.2) is 4.79 Å². The zero-order chi connectivity index (χ0) is 20.7. The number of hydrogen-bond donors (Lipinski definition) is 2. The normalized spacial score (nSPS) is 11.2. The Bertz CT molecular complexity index is 895. The van der Waals surface area contributed by atoms with Gasteiger partial charge in [-0.1, -0.05) is 23.8 Å². The monoisotopic (exact) mass is 385 g/mol. The molecule has 0 saturated carbocycles. The molecule has 2 aromatic rings. The first-order valence-corrected chi connectivity index (χ1v) is 8.34. The Morgan fingerprint density at radius 2 is 1.82 bits per heavy atom. The predicted molar refractivity (Wildman–Crippen MR) is 101 cm³/mol. The molecule has 0 radical (unpaired) electrons. The van der Waals surface area contributed by atoms with Gasteiger partial charge in [0.2, 0.25) is 0 Å². The van der Waals surface area contributed by atoms with Crippen LogP contribution < -0.4 is 10.6 Å². The minimum Gasteiger partial charge on any atom is -0.454 e. The van der Waals surface area contributed by atoms with E-state index in [4.69, 9.17) is 4.74 Å². The smallest absolute Gasteiger partial charge is 0.328 e. The maximum Gasteiger partial charge on any atom is 0.328 e. The lowest BCUT2D eigenvalue weighted by Gasteiger charge is -2.13. The fraction of sp³-hybridized carbons (Fsp3) is 0.211. The summed E-state index contributed by atoms with van der Waals surface area (Å²) in [5.41, 5.74) is 1.40. The molecule has 0 aromatic heterocycles. The first kappa shape index (κ1) is 20.6. The minimum atomic E-state index is -1.04. The molecule has 0 spiro atoms. The number of esters is 1. The van der Waals surface area contributed by atoms with Crippen LogP contribution in [0.15, 0.2) is 48.5 Å². The van der Waals surface area contributed by atoms with E-state index in [9.17, 15) is 24.5 Å². The fourth-order valence-electron chi connectivity index (χ4n) is 2.20. The fourth-order valence-corrected chi connectivity index (χ4v) is 2.20. The summed E-state index contributed by atoms with van der Waals surface area (Å²) in [4.78, 5) is 46.1. The molecular weight excluding hydrogens is 366 g/mol. The van der Waals surface area contributed by atoms with E-state index in [-0.39, 0.29) is 11.3 Å². The molecule has 146 valence electrons. The molecule has 2 aromatic carbocycles. The molecule has 0 fully saturated rings. The molecule has 0 saturated heterocycles. The van der Waals surface area contributed by atoms with Gasteiger partial charge in [0, 0.05) is 23.4 Å². The van der Waals surface area contributed by atoms with Gasteiger partial charge in [-0.05, 0) is 32.0 Å². The number of anilines is 1. The average Bonchev–Trinajstić information content (AvgIpc) is 2.67. The lowest BCUT2D eigenvalue weighted by Crippen LogP contribution is -2.40. The molecular formula is C19H19N3O6. The second-order valence-electron chi connectivity index (χ2n) is 6.02. The van der Waals surface area contributed by atoms with Gasteiger partial charge < -0.3 is 15.4 Å². The number of nitro benzene ring substituents is 1. The van der Waals surface area contributed by atoms with Crippen LogP contribution >= 0.6 is 0 Å². The van der Waals surface area contributed by atoms with Crippen molar-refractivity contribution in [1.82, 2.24) is 5.32 Å². The molecule has 9 heteroatoms. The highest BCUT2D eigenvalue weighted by atomic mass is 16.6. The standard InChI is InChI=1S/C19H19N3O6/c1-12-6-8-15(9-7-12)21-17(23)11-28-19(25)13(2)20-18(24)14-4-3-5-16(10-14)22(26)27/h3-10,13H,11H2,1-2H3,(H,20,24)(H,21,23)/t13-/m0/s1. The van der Waals surface area contributed by atoms with Gasteiger partial charge in [0.25, 0.3) is 17.5 Å². The summed E-state index contributed by atoms with van der Waals surface area (Å²) in [5.74, 6) is -2.00. The number of benzene rings is 2. The van der Waals surface area contributed by atoms with Gasteiger partial charge in [-0.2, -0.15) is 0 Å².